The Kier molecular flexibility index (Phi) is 5.09. The van der Waals surface area contributed by atoms with Gasteiger partial charge in [0.2, 0.25) is 0 Å². The van der Waals surface area contributed by atoms with E-state index in [0.29, 0.717) is 17.1 Å². The number of carbonyl (C=O) groups excluding carboxylic acids is 1. The SMILES string of the molecule is COc1cc(C(C)=O)ccc1OCc1csc(-c2ccc(F)cc2)n1. The molecular formula is C19H16FNO3S. The van der Waals surface area contributed by atoms with Gasteiger partial charge in [0.25, 0.3) is 0 Å². The van der Waals surface area contributed by atoms with Crippen LogP contribution in [0.15, 0.2) is 47.8 Å². The van der Waals surface area contributed by atoms with Crippen LogP contribution in [-0.2, 0) is 6.61 Å². The molecule has 0 atom stereocenters. The summed E-state index contributed by atoms with van der Waals surface area (Å²) in [6.45, 7) is 1.77. The Bertz CT molecular complexity index is 890. The van der Waals surface area contributed by atoms with Gasteiger partial charge in [0.15, 0.2) is 17.3 Å². The third kappa shape index (κ3) is 4.03. The Morgan fingerprint density at radius 1 is 1.16 bits per heavy atom. The summed E-state index contributed by atoms with van der Waals surface area (Å²) in [6.07, 6.45) is 0. The number of ether oxygens (including phenoxy) is 2. The minimum Gasteiger partial charge on any atom is -0.493 e. The van der Waals surface area contributed by atoms with Crippen LogP contribution in [0.2, 0.25) is 0 Å². The Balaban J connectivity index is 1.72. The van der Waals surface area contributed by atoms with E-state index in [1.807, 2.05) is 5.38 Å². The average molecular weight is 357 g/mol. The summed E-state index contributed by atoms with van der Waals surface area (Å²) < 4.78 is 24.0. The van der Waals surface area contributed by atoms with Gasteiger partial charge in [-0.05, 0) is 49.4 Å². The molecule has 0 aliphatic heterocycles. The van der Waals surface area contributed by atoms with Gasteiger partial charge in [-0.25, -0.2) is 9.37 Å². The molecule has 3 rings (SSSR count). The van der Waals surface area contributed by atoms with Crippen molar-refractivity contribution in [3.63, 3.8) is 0 Å². The minimum atomic E-state index is -0.273. The van der Waals surface area contributed by atoms with Gasteiger partial charge in [-0.15, -0.1) is 11.3 Å². The average Bonchev–Trinajstić information content (AvgIpc) is 3.09. The summed E-state index contributed by atoms with van der Waals surface area (Å²) in [5, 5.41) is 2.70. The first kappa shape index (κ1) is 17.1. The van der Waals surface area contributed by atoms with Crippen molar-refractivity contribution >= 4 is 17.1 Å². The van der Waals surface area contributed by atoms with Crippen LogP contribution in [0.1, 0.15) is 23.0 Å². The van der Waals surface area contributed by atoms with E-state index in [-0.39, 0.29) is 18.2 Å². The number of rotatable bonds is 6. The first-order chi connectivity index (χ1) is 12.1. The van der Waals surface area contributed by atoms with Crippen LogP contribution in [0.5, 0.6) is 11.5 Å². The highest BCUT2D eigenvalue weighted by Crippen LogP contribution is 2.30. The van der Waals surface area contributed by atoms with Gasteiger partial charge in [0, 0.05) is 16.5 Å². The van der Waals surface area contributed by atoms with Crippen LogP contribution in [0, 0.1) is 5.82 Å². The molecule has 0 bridgehead atoms. The van der Waals surface area contributed by atoms with E-state index in [9.17, 15) is 9.18 Å². The van der Waals surface area contributed by atoms with E-state index in [1.54, 1.807) is 30.3 Å². The predicted octanol–water partition coefficient (Wildman–Crippen LogP) is 4.74. The zero-order chi connectivity index (χ0) is 17.8. The second-order valence-corrected chi connectivity index (χ2v) is 6.22. The molecule has 4 nitrogen and oxygen atoms in total. The number of carbonyl (C=O) groups is 1. The Morgan fingerprint density at radius 2 is 1.92 bits per heavy atom. The fraction of sp³-hybridized carbons (Fsp3) is 0.158. The normalized spacial score (nSPS) is 10.5. The number of aromatic nitrogens is 1. The van der Waals surface area contributed by atoms with E-state index >= 15 is 0 Å². The van der Waals surface area contributed by atoms with Crippen LogP contribution in [0.25, 0.3) is 10.6 Å². The smallest absolute Gasteiger partial charge is 0.161 e. The van der Waals surface area contributed by atoms with Gasteiger partial charge in [0.05, 0.1) is 12.8 Å². The van der Waals surface area contributed by atoms with Gasteiger partial charge in [-0.3, -0.25) is 4.79 Å². The molecular weight excluding hydrogens is 341 g/mol. The standard InChI is InChI=1S/C19H16FNO3S/c1-12(22)14-5-8-17(18(9-14)23-2)24-10-16-11-25-19(21-16)13-3-6-15(20)7-4-13/h3-9,11H,10H2,1-2H3. The molecule has 2 aromatic carbocycles. The molecule has 0 amide bonds. The van der Waals surface area contributed by atoms with Crippen molar-refractivity contribution in [3.05, 3.63) is 64.9 Å². The Morgan fingerprint density at radius 3 is 2.60 bits per heavy atom. The Labute approximate surface area is 148 Å². The Hall–Kier alpha value is -2.73. The maximum Gasteiger partial charge on any atom is 0.161 e. The van der Waals surface area contributed by atoms with E-state index in [2.05, 4.69) is 4.98 Å². The molecule has 6 heteroatoms. The van der Waals surface area contributed by atoms with Crippen LogP contribution in [0.4, 0.5) is 4.39 Å². The minimum absolute atomic E-state index is 0.0340. The van der Waals surface area contributed by atoms with Crippen molar-refractivity contribution in [1.29, 1.82) is 0 Å². The number of methoxy groups -OCH3 is 1. The molecule has 0 fully saturated rings. The molecule has 1 aromatic heterocycles. The monoisotopic (exact) mass is 357 g/mol. The molecule has 0 aliphatic carbocycles. The van der Waals surface area contributed by atoms with Crippen LogP contribution in [-0.4, -0.2) is 17.9 Å². The number of ketones is 1. The topological polar surface area (TPSA) is 48.4 Å². The number of benzene rings is 2. The van der Waals surface area contributed by atoms with Gasteiger partial charge < -0.3 is 9.47 Å². The summed E-state index contributed by atoms with van der Waals surface area (Å²) in [5.41, 5.74) is 2.19. The van der Waals surface area contributed by atoms with Gasteiger partial charge >= 0.3 is 0 Å². The number of Topliss-reactive ketones (excluding diaryl/α,β-unsaturated/α-hetero) is 1. The van der Waals surface area contributed by atoms with Crippen molar-refractivity contribution in [2.75, 3.05) is 7.11 Å². The zero-order valence-electron chi connectivity index (χ0n) is 13.8. The first-order valence-corrected chi connectivity index (χ1v) is 8.47. The van der Waals surface area contributed by atoms with E-state index in [1.165, 1.54) is 37.5 Å². The highest BCUT2D eigenvalue weighted by molar-refractivity contribution is 7.13. The second kappa shape index (κ2) is 7.44. The molecule has 0 saturated carbocycles. The quantitative estimate of drug-likeness (QED) is 0.598. The van der Waals surface area contributed by atoms with Crippen LogP contribution < -0.4 is 9.47 Å². The maximum atomic E-state index is 13.0. The molecule has 0 N–H and O–H groups in total. The summed E-state index contributed by atoms with van der Waals surface area (Å²) in [6, 6.07) is 11.3. The van der Waals surface area contributed by atoms with Crippen molar-refractivity contribution < 1.29 is 18.7 Å². The highest BCUT2D eigenvalue weighted by Gasteiger charge is 2.10. The van der Waals surface area contributed by atoms with E-state index < -0.39 is 0 Å². The lowest BCUT2D eigenvalue weighted by molar-refractivity contribution is 0.101. The molecule has 0 unspecified atom stereocenters. The largest absolute Gasteiger partial charge is 0.493 e. The molecule has 1 heterocycles. The van der Waals surface area contributed by atoms with E-state index in [0.717, 1.165) is 16.3 Å². The highest BCUT2D eigenvalue weighted by atomic mass is 32.1. The molecule has 0 aliphatic rings. The van der Waals surface area contributed by atoms with Crippen molar-refractivity contribution in [2.45, 2.75) is 13.5 Å². The molecule has 0 saturated heterocycles. The number of thiazole rings is 1. The predicted molar refractivity (Wildman–Crippen MR) is 94.8 cm³/mol. The second-order valence-electron chi connectivity index (χ2n) is 5.36. The summed E-state index contributed by atoms with van der Waals surface area (Å²) >= 11 is 1.47. The molecule has 3 aromatic rings. The summed E-state index contributed by atoms with van der Waals surface area (Å²) in [7, 11) is 1.53. The van der Waals surface area contributed by atoms with Crippen molar-refractivity contribution in [1.82, 2.24) is 4.98 Å². The first-order valence-electron chi connectivity index (χ1n) is 7.59. The zero-order valence-corrected chi connectivity index (χ0v) is 14.6. The van der Waals surface area contributed by atoms with Crippen molar-refractivity contribution in [2.24, 2.45) is 0 Å². The molecule has 25 heavy (non-hydrogen) atoms. The molecule has 0 radical (unpaired) electrons. The summed E-state index contributed by atoms with van der Waals surface area (Å²) in [5.74, 6) is 0.740. The number of hydrogen-bond acceptors (Lipinski definition) is 5. The van der Waals surface area contributed by atoms with Gasteiger partial charge in [-0.2, -0.15) is 0 Å². The fourth-order valence-corrected chi connectivity index (χ4v) is 3.07. The lowest BCUT2D eigenvalue weighted by Crippen LogP contribution is -2.00. The molecule has 0 spiro atoms. The van der Waals surface area contributed by atoms with E-state index in [4.69, 9.17) is 9.47 Å². The lowest BCUT2D eigenvalue weighted by Gasteiger charge is -2.10. The number of nitrogens with zero attached hydrogens (tertiary/aromatic N) is 1. The summed E-state index contributed by atoms with van der Waals surface area (Å²) in [4.78, 5) is 15.9. The maximum absolute atomic E-state index is 13.0. The van der Waals surface area contributed by atoms with Gasteiger partial charge in [-0.1, -0.05) is 0 Å². The lowest BCUT2D eigenvalue weighted by atomic mass is 10.1. The van der Waals surface area contributed by atoms with Gasteiger partial charge in [0.1, 0.15) is 17.4 Å². The van der Waals surface area contributed by atoms with Crippen LogP contribution >= 0.6 is 11.3 Å². The van der Waals surface area contributed by atoms with Crippen LogP contribution in [0.3, 0.4) is 0 Å². The fourth-order valence-electron chi connectivity index (χ4n) is 2.26. The van der Waals surface area contributed by atoms with Crippen molar-refractivity contribution in [3.8, 4) is 22.1 Å². The number of hydrogen-bond donors (Lipinski definition) is 0. The number of halogens is 1. The molecule has 128 valence electrons. The third-order valence-electron chi connectivity index (χ3n) is 3.59. The third-order valence-corrected chi connectivity index (χ3v) is 4.53.